The molecule has 0 radical (unpaired) electrons. The topological polar surface area (TPSA) is 115 Å². The highest BCUT2D eigenvalue weighted by Gasteiger charge is 2.28. The average Bonchev–Trinajstić information content (AvgIpc) is 2.91. The third-order valence-electron chi connectivity index (χ3n) is 2.51. The van der Waals surface area contributed by atoms with E-state index in [9.17, 15) is 10.1 Å². The van der Waals surface area contributed by atoms with Gasteiger partial charge in [-0.3, -0.25) is 10.1 Å². The highest BCUT2D eigenvalue weighted by molar-refractivity contribution is 5.51. The Hall–Kier alpha value is -2.76. The van der Waals surface area contributed by atoms with Gasteiger partial charge in [0, 0.05) is 6.04 Å². The molecule has 0 fully saturated rings. The molecule has 0 bridgehead atoms. The summed E-state index contributed by atoms with van der Waals surface area (Å²) >= 11 is 0. The normalized spacial score (nSPS) is 10.7. The van der Waals surface area contributed by atoms with E-state index in [1.165, 1.54) is 15.7 Å². The molecule has 0 aliphatic carbocycles. The standard InChI is InChI=1S/C10H11N7O2/c1-6(2)16-10(9(17(18)19)7(3)13-16)15-5-12-8(4-11)14-15/h5-6H,1-3H3. The minimum Gasteiger partial charge on any atom is -0.258 e. The molecule has 0 N–H and O–H groups in total. The molecule has 19 heavy (non-hydrogen) atoms. The van der Waals surface area contributed by atoms with E-state index in [2.05, 4.69) is 15.2 Å². The predicted octanol–water partition coefficient (Wildman–Crippen LogP) is 1.13. The number of hydrogen-bond acceptors (Lipinski definition) is 6. The van der Waals surface area contributed by atoms with Crippen LogP contribution in [-0.2, 0) is 0 Å². The van der Waals surface area contributed by atoms with Gasteiger partial charge in [0.1, 0.15) is 18.1 Å². The lowest BCUT2D eigenvalue weighted by molar-refractivity contribution is -0.385. The van der Waals surface area contributed by atoms with E-state index in [0.29, 0.717) is 5.69 Å². The summed E-state index contributed by atoms with van der Waals surface area (Å²) < 4.78 is 2.69. The Bertz CT molecular complexity index is 677. The molecule has 0 saturated carbocycles. The summed E-state index contributed by atoms with van der Waals surface area (Å²) in [5.41, 5.74) is 0.158. The molecule has 0 aliphatic rings. The van der Waals surface area contributed by atoms with E-state index in [0.717, 1.165) is 0 Å². The maximum atomic E-state index is 11.2. The van der Waals surface area contributed by atoms with Gasteiger partial charge in [-0.2, -0.15) is 15.0 Å². The van der Waals surface area contributed by atoms with Gasteiger partial charge in [0.2, 0.25) is 5.82 Å². The van der Waals surface area contributed by atoms with Crippen molar-refractivity contribution in [3.05, 3.63) is 28.0 Å². The summed E-state index contributed by atoms with van der Waals surface area (Å²) in [7, 11) is 0. The summed E-state index contributed by atoms with van der Waals surface area (Å²) in [6, 6.07) is 1.69. The van der Waals surface area contributed by atoms with E-state index in [4.69, 9.17) is 5.26 Å². The molecule has 0 saturated heterocycles. The van der Waals surface area contributed by atoms with Gasteiger partial charge in [0.05, 0.1) is 4.92 Å². The van der Waals surface area contributed by atoms with Crippen molar-refractivity contribution in [2.75, 3.05) is 0 Å². The van der Waals surface area contributed by atoms with Crippen molar-refractivity contribution in [3.8, 4) is 11.9 Å². The minimum absolute atomic E-state index is 0.0524. The number of hydrogen-bond donors (Lipinski definition) is 0. The predicted molar refractivity (Wildman–Crippen MR) is 63.6 cm³/mol. The van der Waals surface area contributed by atoms with Gasteiger partial charge < -0.3 is 0 Å². The number of nitriles is 1. The number of nitrogens with zero attached hydrogens (tertiary/aromatic N) is 7. The van der Waals surface area contributed by atoms with Crippen LogP contribution in [0.2, 0.25) is 0 Å². The van der Waals surface area contributed by atoms with Crippen LogP contribution in [0.25, 0.3) is 5.82 Å². The zero-order valence-corrected chi connectivity index (χ0v) is 10.6. The van der Waals surface area contributed by atoms with Crippen LogP contribution in [0.5, 0.6) is 0 Å². The molecule has 0 unspecified atom stereocenters. The Morgan fingerprint density at radius 3 is 2.63 bits per heavy atom. The first-order valence-electron chi connectivity index (χ1n) is 5.51. The molecule has 9 heteroatoms. The van der Waals surface area contributed by atoms with Gasteiger partial charge in [0.15, 0.2) is 0 Å². The summed E-state index contributed by atoms with van der Waals surface area (Å²) in [4.78, 5) is 14.4. The molecule has 2 aromatic rings. The highest BCUT2D eigenvalue weighted by atomic mass is 16.6. The van der Waals surface area contributed by atoms with E-state index in [1.54, 1.807) is 13.0 Å². The van der Waals surface area contributed by atoms with E-state index < -0.39 is 4.92 Å². The fourth-order valence-electron chi connectivity index (χ4n) is 1.73. The first-order valence-corrected chi connectivity index (χ1v) is 5.51. The molecule has 0 amide bonds. The van der Waals surface area contributed by atoms with Crippen LogP contribution >= 0.6 is 0 Å². The van der Waals surface area contributed by atoms with E-state index in [-0.39, 0.29) is 23.4 Å². The fraction of sp³-hybridized carbons (Fsp3) is 0.400. The first kappa shape index (κ1) is 12.7. The Morgan fingerprint density at radius 1 is 1.47 bits per heavy atom. The summed E-state index contributed by atoms with van der Waals surface area (Å²) in [6.07, 6.45) is 1.26. The van der Waals surface area contributed by atoms with Crippen LogP contribution in [0.1, 0.15) is 31.4 Å². The second-order valence-corrected chi connectivity index (χ2v) is 4.18. The third-order valence-corrected chi connectivity index (χ3v) is 2.51. The Morgan fingerprint density at radius 2 is 2.16 bits per heavy atom. The lowest BCUT2D eigenvalue weighted by atomic mass is 10.3. The Balaban J connectivity index is 2.72. The Labute approximate surface area is 108 Å². The zero-order valence-electron chi connectivity index (χ0n) is 10.6. The maximum absolute atomic E-state index is 11.2. The lowest BCUT2D eigenvalue weighted by Crippen LogP contribution is -2.11. The van der Waals surface area contributed by atoms with Gasteiger partial charge in [-0.1, -0.05) is 0 Å². The lowest BCUT2D eigenvalue weighted by Gasteiger charge is -2.08. The molecule has 98 valence electrons. The maximum Gasteiger partial charge on any atom is 0.336 e. The second kappa shape index (κ2) is 4.49. The molecule has 2 rings (SSSR count). The molecule has 0 atom stereocenters. The van der Waals surface area contributed by atoms with Crippen LogP contribution < -0.4 is 0 Å². The molecule has 2 heterocycles. The largest absolute Gasteiger partial charge is 0.336 e. The van der Waals surface area contributed by atoms with Crippen molar-refractivity contribution in [3.63, 3.8) is 0 Å². The quantitative estimate of drug-likeness (QED) is 0.604. The van der Waals surface area contributed by atoms with Crippen molar-refractivity contribution in [1.82, 2.24) is 24.5 Å². The van der Waals surface area contributed by atoms with Crippen LogP contribution in [-0.4, -0.2) is 29.5 Å². The number of nitro groups is 1. The highest BCUT2D eigenvalue weighted by Crippen LogP contribution is 2.28. The fourth-order valence-corrected chi connectivity index (χ4v) is 1.73. The molecule has 2 aromatic heterocycles. The van der Waals surface area contributed by atoms with Crippen LogP contribution in [0.15, 0.2) is 6.33 Å². The van der Waals surface area contributed by atoms with Crippen molar-refractivity contribution >= 4 is 5.69 Å². The van der Waals surface area contributed by atoms with Crippen molar-refractivity contribution in [2.24, 2.45) is 0 Å². The third kappa shape index (κ3) is 2.03. The van der Waals surface area contributed by atoms with Crippen molar-refractivity contribution < 1.29 is 4.92 Å². The van der Waals surface area contributed by atoms with Crippen LogP contribution in [0, 0.1) is 28.4 Å². The number of aryl methyl sites for hydroxylation is 1. The van der Waals surface area contributed by atoms with Gasteiger partial charge in [-0.05, 0) is 20.8 Å². The molecule has 9 nitrogen and oxygen atoms in total. The second-order valence-electron chi connectivity index (χ2n) is 4.18. The molecule has 0 aliphatic heterocycles. The van der Waals surface area contributed by atoms with E-state index >= 15 is 0 Å². The summed E-state index contributed by atoms with van der Waals surface area (Å²) in [6.45, 7) is 5.26. The van der Waals surface area contributed by atoms with Crippen molar-refractivity contribution in [2.45, 2.75) is 26.8 Å². The number of rotatable bonds is 3. The number of aromatic nitrogens is 5. The Kier molecular flexibility index (Phi) is 3.00. The van der Waals surface area contributed by atoms with Crippen molar-refractivity contribution in [1.29, 1.82) is 5.26 Å². The van der Waals surface area contributed by atoms with Gasteiger partial charge >= 0.3 is 5.69 Å². The summed E-state index contributed by atoms with van der Waals surface area (Å²) in [5, 5.41) is 27.9. The van der Waals surface area contributed by atoms with Crippen LogP contribution in [0.3, 0.4) is 0 Å². The van der Waals surface area contributed by atoms with Gasteiger partial charge in [-0.25, -0.2) is 9.67 Å². The molecular weight excluding hydrogens is 250 g/mol. The van der Waals surface area contributed by atoms with Gasteiger partial charge in [0.25, 0.3) is 5.82 Å². The minimum atomic E-state index is -0.510. The summed E-state index contributed by atoms with van der Waals surface area (Å²) in [5.74, 6) is 0.148. The molecular formula is C10H11N7O2. The monoisotopic (exact) mass is 261 g/mol. The zero-order chi connectivity index (χ0) is 14.2. The average molecular weight is 261 g/mol. The van der Waals surface area contributed by atoms with E-state index in [1.807, 2.05) is 13.8 Å². The first-order chi connectivity index (χ1) is 8.95. The SMILES string of the molecule is Cc1nn(C(C)C)c(-n2cnc(C#N)n2)c1[N+](=O)[O-]. The molecule has 0 aromatic carbocycles. The van der Waals surface area contributed by atoms with Crippen LogP contribution in [0.4, 0.5) is 5.69 Å². The smallest absolute Gasteiger partial charge is 0.258 e. The van der Waals surface area contributed by atoms with Gasteiger partial charge in [-0.15, -0.1) is 5.10 Å². The molecule has 0 spiro atoms.